The number of hydrogen-bond donors (Lipinski definition) is 1. The number of nitrogens with zero attached hydrogens (tertiary/aromatic N) is 2. The molecule has 0 spiro atoms. The molecule has 0 fully saturated rings. The first kappa shape index (κ1) is 19.2. The van der Waals surface area contributed by atoms with Crippen molar-refractivity contribution in [3.05, 3.63) is 66.0 Å². The highest BCUT2D eigenvalue weighted by Gasteiger charge is 2.13. The summed E-state index contributed by atoms with van der Waals surface area (Å²) in [6.45, 7) is 0.632. The zero-order chi connectivity index (χ0) is 20.6. The molecule has 29 heavy (non-hydrogen) atoms. The van der Waals surface area contributed by atoms with Gasteiger partial charge in [-0.3, -0.25) is 4.98 Å². The minimum Gasteiger partial charge on any atom is -0.493 e. The maximum absolute atomic E-state index is 11.3. The Labute approximate surface area is 168 Å². The van der Waals surface area contributed by atoms with Gasteiger partial charge in [0.15, 0.2) is 11.5 Å². The number of fused-ring (bicyclic) bond motifs is 3. The third-order valence-corrected chi connectivity index (χ3v) is 5.57. The quantitative estimate of drug-likeness (QED) is 0.526. The number of methoxy groups -OCH3 is 2. The number of aromatic nitrogens is 2. The molecule has 0 saturated heterocycles. The Hall–Kier alpha value is -3.10. The number of nitrogens with two attached hydrogens (primary N) is 1. The van der Waals surface area contributed by atoms with Crippen LogP contribution in [0.1, 0.15) is 11.1 Å². The number of primary sulfonamides is 1. The molecule has 4 aromatic rings. The lowest BCUT2D eigenvalue weighted by molar-refractivity contribution is 0.356. The second-order valence-corrected chi connectivity index (χ2v) is 8.47. The summed E-state index contributed by atoms with van der Waals surface area (Å²) >= 11 is 0. The smallest absolute Gasteiger partial charge is 0.213 e. The Morgan fingerprint density at radius 1 is 1.00 bits per heavy atom. The van der Waals surface area contributed by atoms with Gasteiger partial charge in [-0.05, 0) is 23.3 Å². The number of benzene rings is 2. The van der Waals surface area contributed by atoms with Crippen LogP contribution in [-0.2, 0) is 22.3 Å². The molecule has 0 radical (unpaired) electrons. The molecular formula is C21H21N3O4S. The van der Waals surface area contributed by atoms with Crippen LogP contribution in [-0.4, -0.2) is 32.2 Å². The summed E-state index contributed by atoms with van der Waals surface area (Å²) in [7, 11) is -0.328. The van der Waals surface area contributed by atoms with Crippen LogP contribution < -0.4 is 14.6 Å². The van der Waals surface area contributed by atoms with Gasteiger partial charge in [-0.25, -0.2) is 13.6 Å². The number of hydrogen-bond acceptors (Lipinski definition) is 5. The van der Waals surface area contributed by atoms with Crippen LogP contribution in [0.25, 0.3) is 21.8 Å². The van der Waals surface area contributed by atoms with Gasteiger partial charge < -0.3 is 14.0 Å². The van der Waals surface area contributed by atoms with Crippen molar-refractivity contribution in [2.24, 2.45) is 5.14 Å². The van der Waals surface area contributed by atoms with E-state index in [-0.39, 0.29) is 5.75 Å². The summed E-state index contributed by atoms with van der Waals surface area (Å²) in [5.41, 5.74) is 3.58. The Balaban J connectivity index is 1.75. The number of pyridine rings is 1. The highest BCUT2D eigenvalue weighted by molar-refractivity contribution is 7.88. The number of rotatable bonds is 6. The van der Waals surface area contributed by atoms with Gasteiger partial charge in [0.25, 0.3) is 0 Å². The van der Waals surface area contributed by atoms with Gasteiger partial charge in [-0.2, -0.15) is 0 Å². The first-order chi connectivity index (χ1) is 13.9. The Kier molecular flexibility index (Phi) is 4.89. The van der Waals surface area contributed by atoms with Crippen LogP contribution in [0.3, 0.4) is 0 Å². The first-order valence-electron chi connectivity index (χ1n) is 8.96. The highest BCUT2D eigenvalue weighted by atomic mass is 32.2. The van der Waals surface area contributed by atoms with E-state index in [4.69, 9.17) is 14.6 Å². The predicted molar refractivity (Wildman–Crippen MR) is 113 cm³/mol. The lowest BCUT2D eigenvalue weighted by Gasteiger charge is -2.12. The van der Waals surface area contributed by atoms with E-state index in [0.29, 0.717) is 23.6 Å². The predicted octanol–water partition coefficient (Wildman–Crippen LogP) is 3.04. The summed E-state index contributed by atoms with van der Waals surface area (Å²) < 4.78 is 35.5. The molecule has 0 aliphatic carbocycles. The standard InChI is InChI=1S/C21H21N3O4S/c1-27-19-9-17-18(10-20(19)28-2)23-11-16-7-8-24(21(16)17)12-14-3-5-15(6-4-14)13-29(22,25)26/h3-11H,12-13H2,1-2H3,(H2,22,25,26). The molecule has 2 aromatic carbocycles. The molecule has 0 atom stereocenters. The van der Waals surface area contributed by atoms with Crippen LogP contribution in [0, 0.1) is 0 Å². The Morgan fingerprint density at radius 3 is 2.31 bits per heavy atom. The van der Waals surface area contributed by atoms with Crippen LogP contribution in [0.5, 0.6) is 11.5 Å². The van der Waals surface area contributed by atoms with Crippen LogP contribution in [0.2, 0.25) is 0 Å². The molecule has 4 rings (SSSR count). The van der Waals surface area contributed by atoms with E-state index >= 15 is 0 Å². The van der Waals surface area contributed by atoms with E-state index in [1.165, 1.54) is 0 Å². The first-order valence-corrected chi connectivity index (χ1v) is 10.7. The fourth-order valence-corrected chi connectivity index (χ4v) is 4.17. The summed E-state index contributed by atoms with van der Waals surface area (Å²) in [6, 6.07) is 13.2. The van der Waals surface area contributed by atoms with Crippen molar-refractivity contribution in [1.29, 1.82) is 0 Å². The average Bonchev–Trinajstić information content (AvgIpc) is 3.10. The van der Waals surface area contributed by atoms with Crippen molar-refractivity contribution < 1.29 is 17.9 Å². The largest absolute Gasteiger partial charge is 0.493 e. The zero-order valence-electron chi connectivity index (χ0n) is 16.1. The summed E-state index contributed by atoms with van der Waals surface area (Å²) in [4.78, 5) is 4.54. The van der Waals surface area contributed by atoms with Crippen molar-refractivity contribution >= 4 is 31.8 Å². The Bertz CT molecular complexity index is 1300. The topological polar surface area (TPSA) is 96.4 Å². The van der Waals surface area contributed by atoms with E-state index in [2.05, 4.69) is 9.55 Å². The van der Waals surface area contributed by atoms with E-state index < -0.39 is 10.0 Å². The van der Waals surface area contributed by atoms with Crippen LogP contribution >= 0.6 is 0 Å². The third-order valence-electron chi connectivity index (χ3n) is 4.84. The van der Waals surface area contributed by atoms with Crippen molar-refractivity contribution in [3.8, 4) is 11.5 Å². The average molecular weight is 411 g/mol. The molecule has 0 aliphatic rings. The molecule has 2 aromatic heterocycles. The second-order valence-electron chi connectivity index (χ2n) is 6.85. The van der Waals surface area contributed by atoms with Crippen molar-refractivity contribution in [3.63, 3.8) is 0 Å². The minimum absolute atomic E-state index is 0.169. The van der Waals surface area contributed by atoms with Gasteiger partial charge in [0.1, 0.15) is 0 Å². The molecule has 7 nitrogen and oxygen atoms in total. The summed E-state index contributed by atoms with van der Waals surface area (Å²) in [5.74, 6) is 1.11. The molecule has 0 bridgehead atoms. The SMILES string of the molecule is COc1cc2ncc3ccn(Cc4ccc(CS(N)(=O)=O)cc4)c3c2cc1OC. The van der Waals surface area contributed by atoms with Gasteiger partial charge in [0, 0.05) is 35.8 Å². The normalized spacial score (nSPS) is 11.8. The summed E-state index contributed by atoms with van der Waals surface area (Å²) in [6.07, 6.45) is 3.86. The second kappa shape index (κ2) is 7.38. The van der Waals surface area contributed by atoms with Crippen molar-refractivity contribution in [2.75, 3.05) is 14.2 Å². The minimum atomic E-state index is -3.54. The maximum atomic E-state index is 11.3. The van der Waals surface area contributed by atoms with Crippen molar-refractivity contribution in [2.45, 2.75) is 12.3 Å². The molecule has 0 aliphatic heterocycles. The molecular weight excluding hydrogens is 390 g/mol. The summed E-state index contributed by atoms with van der Waals surface area (Å²) in [5, 5.41) is 7.11. The van der Waals surface area contributed by atoms with E-state index in [1.807, 2.05) is 42.7 Å². The van der Waals surface area contributed by atoms with Gasteiger partial charge in [0.2, 0.25) is 10.0 Å². The highest BCUT2D eigenvalue weighted by Crippen LogP contribution is 2.35. The molecule has 0 saturated carbocycles. The van der Waals surface area contributed by atoms with E-state index in [0.717, 1.165) is 27.4 Å². The third kappa shape index (κ3) is 3.90. The number of ether oxygens (including phenoxy) is 2. The fourth-order valence-electron chi connectivity index (χ4n) is 3.51. The van der Waals surface area contributed by atoms with E-state index in [9.17, 15) is 8.42 Å². The maximum Gasteiger partial charge on any atom is 0.213 e. The molecule has 0 unspecified atom stereocenters. The fraction of sp³-hybridized carbons (Fsp3) is 0.190. The zero-order valence-corrected chi connectivity index (χ0v) is 16.9. The van der Waals surface area contributed by atoms with Gasteiger partial charge in [0.05, 0.1) is 31.0 Å². The van der Waals surface area contributed by atoms with Crippen molar-refractivity contribution in [1.82, 2.24) is 9.55 Å². The molecule has 0 amide bonds. The lowest BCUT2D eigenvalue weighted by Crippen LogP contribution is -2.14. The van der Waals surface area contributed by atoms with Crippen LogP contribution in [0.15, 0.2) is 54.9 Å². The monoisotopic (exact) mass is 411 g/mol. The lowest BCUT2D eigenvalue weighted by atomic mass is 10.1. The molecule has 150 valence electrons. The molecule has 8 heteroatoms. The molecule has 2 heterocycles. The number of sulfonamides is 1. The van der Waals surface area contributed by atoms with Crippen LogP contribution in [0.4, 0.5) is 0 Å². The molecule has 2 N–H and O–H groups in total. The van der Waals surface area contributed by atoms with Gasteiger partial charge >= 0.3 is 0 Å². The van der Waals surface area contributed by atoms with Gasteiger partial charge in [-0.1, -0.05) is 24.3 Å². The van der Waals surface area contributed by atoms with E-state index in [1.54, 1.807) is 26.4 Å². The Morgan fingerprint density at radius 2 is 1.66 bits per heavy atom. The van der Waals surface area contributed by atoms with Gasteiger partial charge in [-0.15, -0.1) is 0 Å².